The molecule has 0 aromatic heterocycles. The van der Waals surface area contributed by atoms with Crippen molar-refractivity contribution in [1.82, 2.24) is 4.90 Å². The van der Waals surface area contributed by atoms with E-state index in [9.17, 15) is 22.8 Å². The third kappa shape index (κ3) is 4.45. The van der Waals surface area contributed by atoms with E-state index in [0.717, 1.165) is 4.90 Å². The summed E-state index contributed by atoms with van der Waals surface area (Å²) in [6.45, 7) is -1.77. The number of alkyl halides is 3. The lowest BCUT2D eigenvalue weighted by molar-refractivity contribution is -0.188. The standard InChI is InChI=1S/C14H12Cl2F3NO4/c15-7-1-8(16)3-9(2-7)24-6-12(21)20-4-10(13(22)23)11(5-20)14(17,18)19/h1-3,10-11H,4-6H2,(H,22,23)/t10-,11-/m1/s1. The predicted molar refractivity (Wildman–Crippen MR) is 79.2 cm³/mol. The lowest BCUT2D eigenvalue weighted by Gasteiger charge is -2.18. The number of halogens is 5. The van der Waals surface area contributed by atoms with Gasteiger partial charge in [-0.15, -0.1) is 0 Å². The van der Waals surface area contributed by atoms with Crippen LogP contribution < -0.4 is 4.74 Å². The van der Waals surface area contributed by atoms with Gasteiger partial charge in [-0.25, -0.2) is 0 Å². The number of rotatable bonds is 4. The molecule has 1 aliphatic heterocycles. The van der Waals surface area contributed by atoms with Crippen molar-refractivity contribution in [2.75, 3.05) is 19.7 Å². The average Bonchev–Trinajstić information content (AvgIpc) is 2.89. The quantitative estimate of drug-likeness (QED) is 0.864. The normalized spacial score (nSPS) is 21.0. The summed E-state index contributed by atoms with van der Waals surface area (Å²) in [7, 11) is 0. The van der Waals surface area contributed by atoms with Gasteiger partial charge in [0.1, 0.15) is 5.75 Å². The van der Waals surface area contributed by atoms with Gasteiger partial charge < -0.3 is 14.7 Å². The molecule has 0 saturated carbocycles. The van der Waals surface area contributed by atoms with Crippen molar-refractivity contribution in [3.63, 3.8) is 0 Å². The molecule has 0 spiro atoms. The number of ether oxygens (including phenoxy) is 1. The Hall–Kier alpha value is -1.67. The molecule has 0 radical (unpaired) electrons. The molecule has 5 nitrogen and oxygen atoms in total. The molecule has 1 amide bonds. The molecule has 0 bridgehead atoms. The Morgan fingerprint density at radius 2 is 1.79 bits per heavy atom. The van der Waals surface area contributed by atoms with E-state index >= 15 is 0 Å². The third-order valence-corrected chi connectivity index (χ3v) is 4.05. The smallest absolute Gasteiger partial charge is 0.394 e. The minimum atomic E-state index is -4.70. The highest BCUT2D eigenvalue weighted by Gasteiger charge is 2.53. The summed E-state index contributed by atoms with van der Waals surface area (Å²) < 4.78 is 43.8. The first kappa shape index (κ1) is 18.7. The summed E-state index contributed by atoms with van der Waals surface area (Å²) >= 11 is 11.5. The van der Waals surface area contributed by atoms with E-state index in [1.165, 1.54) is 18.2 Å². The van der Waals surface area contributed by atoms with Crippen molar-refractivity contribution < 1.29 is 32.6 Å². The van der Waals surface area contributed by atoms with Gasteiger partial charge in [-0.1, -0.05) is 23.2 Å². The van der Waals surface area contributed by atoms with Crippen LogP contribution in [-0.2, 0) is 9.59 Å². The van der Waals surface area contributed by atoms with Crippen molar-refractivity contribution in [2.24, 2.45) is 11.8 Å². The minimum Gasteiger partial charge on any atom is -0.484 e. The second-order valence-electron chi connectivity index (χ2n) is 5.29. The van der Waals surface area contributed by atoms with Crippen LogP contribution >= 0.6 is 23.2 Å². The number of hydrogen-bond acceptors (Lipinski definition) is 3. The van der Waals surface area contributed by atoms with Gasteiger partial charge in [0.2, 0.25) is 0 Å². The van der Waals surface area contributed by atoms with Gasteiger partial charge in [0.25, 0.3) is 5.91 Å². The fraction of sp³-hybridized carbons (Fsp3) is 0.429. The molecular formula is C14H12Cl2F3NO4. The van der Waals surface area contributed by atoms with Crippen LogP contribution in [0.4, 0.5) is 13.2 Å². The van der Waals surface area contributed by atoms with Crippen LogP contribution in [0, 0.1) is 11.8 Å². The number of carbonyl (C=O) groups is 2. The van der Waals surface area contributed by atoms with Crippen molar-refractivity contribution in [1.29, 1.82) is 0 Å². The Morgan fingerprint density at radius 3 is 2.25 bits per heavy atom. The maximum absolute atomic E-state index is 12.9. The molecule has 1 aliphatic rings. The van der Waals surface area contributed by atoms with Crippen molar-refractivity contribution >= 4 is 35.1 Å². The highest BCUT2D eigenvalue weighted by atomic mass is 35.5. The zero-order valence-corrected chi connectivity index (χ0v) is 13.5. The Balaban J connectivity index is 2.01. The van der Waals surface area contributed by atoms with Crippen LogP contribution in [0.2, 0.25) is 10.0 Å². The van der Waals surface area contributed by atoms with Crippen molar-refractivity contribution in [3.8, 4) is 5.75 Å². The predicted octanol–water partition coefficient (Wildman–Crippen LogP) is 3.09. The van der Waals surface area contributed by atoms with Crippen LogP contribution in [-0.4, -0.2) is 47.8 Å². The number of benzene rings is 1. The molecule has 1 aromatic rings. The van der Waals surface area contributed by atoms with Gasteiger partial charge in [0, 0.05) is 23.1 Å². The summed E-state index contributed by atoms with van der Waals surface area (Å²) in [4.78, 5) is 23.8. The van der Waals surface area contributed by atoms with Gasteiger partial charge >= 0.3 is 12.1 Å². The first-order valence-electron chi connectivity index (χ1n) is 6.74. The molecule has 0 unspecified atom stereocenters. The van der Waals surface area contributed by atoms with Gasteiger partial charge in [0.15, 0.2) is 6.61 Å². The molecule has 1 saturated heterocycles. The number of aliphatic carboxylic acids is 1. The molecule has 2 rings (SSSR count). The van der Waals surface area contributed by atoms with Crippen LogP contribution in [0.3, 0.4) is 0 Å². The monoisotopic (exact) mass is 385 g/mol. The summed E-state index contributed by atoms with van der Waals surface area (Å²) in [5, 5.41) is 9.46. The van der Waals surface area contributed by atoms with E-state index < -0.39 is 49.6 Å². The molecular weight excluding hydrogens is 374 g/mol. The number of nitrogens with zero attached hydrogens (tertiary/aromatic N) is 1. The first-order chi connectivity index (χ1) is 11.1. The van der Waals surface area contributed by atoms with E-state index in [-0.39, 0.29) is 15.8 Å². The van der Waals surface area contributed by atoms with E-state index in [1.807, 2.05) is 0 Å². The number of hydrogen-bond donors (Lipinski definition) is 1. The largest absolute Gasteiger partial charge is 0.484 e. The second kappa shape index (κ2) is 7.06. The first-order valence-corrected chi connectivity index (χ1v) is 7.49. The van der Waals surface area contributed by atoms with Gasteiger partial charge in [-0.3, -0.25) is 9.59 Å². The van der Waals surface area contributed by atoms with E-state index in [2.05, 4.69) is 0 Å². The minimum absolute atomic E-state index is 0.183. The maximum Gasteiger partial charge on any atom is 0.394 e. The SMILES string of the molecule is O=C(O)[C@@H]1CN(C(=O)COc2cc(Cl)cc(Cl)c2)C[C@H]1C(F)(F)F. The number of amides is 1. The number of carboxylic acids is 1. The van der Waals surface area contributed by atoms with Crippen LogP contribution in [0.25, 0.3) is 0 Å². The highest BCUT2D eigenvalue weighted by molar-refractivity contribution is 6.34. The highest BCUT2D eigenvalue weighted by Crippen LogP contribution is 2.37. The zero-order valence-electron chi connectivity index (χ0n) is 12.0. The topological polar surface area (TPSA) is 66.8 Å². The molecule has 1 fully saturated rings. The van der Waals surface area contributed by atoms with Crippen LogP contribution in [0.1, 0.15) is 0 Å². The molecule has 1 heterocycles. The van der Waals surface area contributed by atoms with Crippen LogP contribution in [0.5, 0.6) is 5.75 Å². The van der Waals surface area contributed by atoms with Gasteiger partial charge in [0.05, 0.1) is 11.8 Å². The summed E-state index contributed by atoms with van der Waals surface area (Å²) in [6, 6.07) is 4.23. The third-order valence-electron chi connectivity index (χ3n) is 3.61. The van der Waals surface area contributed by atoms with E-state index in [0.29, 0.717) is 0 Å². The lowest BCUT2D eigenvalue weighted by Crippen LogP contribution is -2.35. The van der Waals surface area contributed by atoms with Crippen molar-refractivity contribution in [3.05, 3.63) is 28.2 Å². The van der Waals surface area contributed by atoms with Gasteiger partial charge in [-0.05, 0) is 18.2 Å². The summed E-state index contributed by atoms with van der Waals surface area (Å²) in [5.74, 6) is -5.93. The summed E-state index contributed by atoms with van der Waals surface area (Å²) in [6.07, 6.45) is -4.70. The molecule has 10 heteroatoms. The Kier molecular flexibility index (Phi) is 5.49. The molecule has 1 N–H and O–H groups in total. The van der Waals surface area contributed by atoms with E-state index in [1.54, 1.807) is 0 Å². The fourth-order valence-electron chi connectivity index (χ4n) is 2.44. The second-order valence-corrected chi connectivity index (χ2v) is 6.16. The fourth-order valence-corrected chi connectivity index (χ4v) is 2.94. The van der Waals surface area contributed by atoms with Gasteiger partial charge in [-0.2, -0.15) is 13.2 Å². The Bertz CT molecular complexity index is 633. The zero-order chi connectivity index (χ0) is 18.1. The van der Waals surface area contributed by atoms with Crippen molar-refractivity contribution in [2.45, 2.75) is 6.18 Å². The molecule has 132 valence electrons. The lowest BCUT2D eigenvalue weighted by atomic mass is 9.96. The Morgan fingerprint density at radius 1 is 1.21 bits per heavy atom. The van der Waals surface area contributed by atoms with E-state index in [4.69, 9.17) is 33.0 Å². The summed E-state index contributed by atoms with van der Waals surface area (Å²) in [5.41, 5.74) is 0. The Labute approximate surface area is 144 Å². The number of carboxylic acid groups (broad SMARTS) is 1. The number of likely N-dealkylation sites (tertiary alicyclic amines) is 1. The molecule has 1 aromatic carbocycles. The molecule has 2 atom stereocenters. The average molecular weight is 386 g/mol. The number of carbonyl (C=O) groups excluding carboxylic acids is 1. The van der Waals surface area contributed by atoms with Crippen LogP contribution in [0.15, 0.2) is 18.2 Å². The maximum atomic E-state index is 12.9. The molecule has 0 aliphatic carbocycles. The molecule has 24 heavy (non-hydrogen) atoms.